The van der Waals surface area contributed by atoms with Gasteiger partial charge in [0.1, 0.15) is 0 Å². The number of hydrogen-bond acceptors (Lipinski definition) is 6. The van der Waals surface area contributed by atoms with Crippen molar-refractivity contribution in [1.82, 2.24) is 9.97 Å². The van der Waals surface area contributed by atoms with Gasteiger partial charge in [-0.05, 0) is 6.92 Å². The van der Waals surface area contributed by atoms with Gasteiger partial charge in [-0.3, -0.25) is 0 Å². The van der Waals surface area contributed by atoms with E-state index in [1.807, 2.05) is 60.6 Å². The molecule has 3 aromatic rings. The molecule has 1 aromatic carbocycles. The summed E-state index contributed by atoms with van der Waals surface area (Å²) in [7, 11) is 0. The van der Waals surface area contributed by atoms with Crippen LogP contribution >= 0.6 is 23.1 Å². The van der Waals surface area contributed by atoms with E-state index in [1.165, 1.54) is 5.57 Å². The number of nitrogens with zero attached hydrogens (tertiary/aromatic N) is 2. The Morgan fingerprint density at radius 1 is 1.23 bits per heavy atom. The number of pyridine rings is 1. The van der Waals surface area contributed by atoms with E-state index in [0.717, 1.165) is 27.9 Å². The first-order chi connectivity index (χ1) is 15.2. The number of halogens is 1. The van der Waals surface area contributed by atoms with Gasteiger partial charge in [-0.2, -0.15) is 0 Å². The Hall–Kier alpha value is -2.10. The molecule has 0 fully saturated rings. The van der Waals surface area contributed by atoms with Crippen LogP contribution in [0.4, 0.5) is 10.9 Å². The van der Waals surface area contributed by atoms with Gasteiger partial charge in [0.2, 0.25) is 0 Å². The summed E-state index contributed by atoms with van der Waals surface area (Å²) in [5.41, 5.74) is 2.38. The Morgan fingerprint density at radius 3 is 2.87 bits per heavy atom. The number of thiazole rings is 1. The summed E-state index contributed by atoms with van der Waals surface area (Å²) in [6, 6.07) is 11.9. The van der Waals surface area contributed by atoms with Crippen molar-refractivity contribution in [3.05, 3.63) is 85.6 Å². The summed E-state index contributed by atoms with van der Waals surface area (Å²) >= 11 is 3.38. The monoisotopic (exact) mass is 560 g/mol. The molecule has 0 saturated carbocycles. The van der Waals surface area contributed by atoms with Crippen LogP contribution in [0.3, 0.4) is 0 Å². The van der Waals surface area contributed by atoms with Gasteiger partial charge in [0.15, 0.2) is 0 Å². The van der Waals surface area contributed by atoms with Crippen molar-refractivity contribution in [2.75, 3.05) is 5.32 Å². The van der Waals surface area contributed by atoms with Crippen molar-refractivity contribution in [2.45, 2.75) is 30.4 Å². The van der Waals surface area contributed by atoms with Crippen LogP contribution in [0.15, 0.2) is 84.8 Å². The van der Waals surface area contributed by atoms with Gasteiger partial charge in [-0.15, -0.1) is 0 Å². The summed E-state index contributed by atoms with van der Waals surface area (Å²) in [6.45, 7) is 4.22. The maximum absolute atomic E-state index is 6.22. The van der Waals surface area contributed by atoms with E-state index in [2.05, 4.69) is 49.7 Å². The zero-order chi connectivity index (χ0) is 21.5. The van der Waals surface area contributed by atoms with Crippen LogP contribution in [0.25, 0.3) is 0 Å². The fourth-order valence-corrected chi connectivity index (χ4v) is 6.66. The zero-order valence-electron chi connectivity index (χ0n) is 17.3. The minimum absolute atomic E-state index is 0.0161. The Balaban J connectivity index is 1.61. The Morgan fingerprint density at radius 2 is 2.10 bits per heavy atom. The van der Waals surface area contributed by atoms with E-state index in [1.54, 1.807) is 11.3 Å². The first-order valence-electron chi connectivity index (χ1n) is 9.95. The van der Waals surface area contributed by atoms with E-state index in [-0.39, 0.29) is 21.2 Å². The van der Waals surface area contributed by atoms with Gasteiger partial charge in [0.25, 0.3) is 0 Å². The number of benzene rings is 1. The topological polar surface area (TPSA) is 47.0 Å². The zero-order valence-corrected chi connectivity index (χ0v) is 21.1. The molecule has 1 unspecified atom stereocenters. The molecule has 4 rings (SSSR count). The summed E-state index contributed by atoms with van der Waals surface area (Å²) in [5.74, 6) is 2.14. The van der Waals surface area contributed by atoms with E-state index in [9.17, 15) is 0 Å². The third kappa shape index (κ3) is 6.21. The van der Waals surface area contributed by atoms with E-state index < -0.39 is 0 Å². The van der Waals surface area contributed by atoms with Crippen LogP contribution in [-0.2, 0) is 0 Å². The fraction of sp³-hybridized carbons (Fsp3) is 0.167. The summed E-state index contributed by atoms with van der Waals surface area (Å²) in [6.07, 6.45) is 9.51. The minimum atomic E-state index is -0.0161. The first kappa shape index (κ1) is 22.1. The average molecular weight is 561 g/mol. The van der Waals surface area contributed by atoms with Crippen molar-refractivity contribution >= 4 is 34.0 Å². The van der Waals surface area contributed by atoms with Gasteiger partial charge >= 0.3 is 196 Å². The molecule has 2 aromatic heterocycles. The number of para-hydroxylation sites is 1. The number of ether oxygens (including phenoxy) is 1. The Kier molecular flexibility index (Phi) is 7.82. The number of anilines is 2. The Bertz CT molecular complexity index is 1110. The molecule has 0 spiro atoms. The van der Waals surface area contributed by atoms with Gasteiger partial charge in [0, 0.05) is 0 Å². The molecule has 160 valence electrons. The molecule has 1 aliphatic rings. The molecule has 4 nitrogen and oxygen atoms in total. The second kappa shape index (κ2) is 11.0. The third-order valence-corrected chi connectivity index (χ3v) is 8.57. The fourth-order valence-electron chi connectivity index (χ4n) is 2.92. The predicted molar refractivity (Wildman–Crippen MR) is 127 cm³/mol. The van der Waals surface area contributed by atoms with E-state index >= 15 is 0 Å². The van der Waals surface area contributed by atoms with Gasteiger partial charge < -0.3 is 0 Å². The molecule has 0 bridgehead atoms. The number of nitrogens with one attached hydrogen (secondary N) is 1. The molecule has 0 aliphatic carbocycles. The number of thioether (sulfide) groups is 1. The number of hydrogen-bond donors (Lipinski definition) is 1. The van der Waals surface area contributed by atoms with Crippen LogP contribution in [0.1, 0.15) is 19.0 Å². The van der Waals surface area contributed by atoms with Crippen LogP contribution in [0.2, 0.25) is 0 Å². The molecule has 0 amide bonds. The Labute approximate surface area is 201 Å². The molecule has 31 heavy (non-hydrogen) atoms. The van der Waals surface area contributed by atoms with Crippen molar-refractivity contribution in [2.24, 2.45) is 0 Å². The second-order valence-corrected chi connectivity index (χ2v) is 11.0. The van der Waals surface area contributed by atoms with Crippen LogP contribution in [-0.4, -0.2) is 15.2 Å². The third-order valence-electron chi connectivity index (χ3n) is 4.40. The van der Waals surface area contributed by atoms with Gasteiger partial charge in [-0.25, -0.2) is 0 Å². The van der Waals surface area contributed by atoms with Crippen molar-refractivity contribution in [3.8, 4) is 11.5 Å². The van der Waals surface area contributed by atoms with E-state index in [4.69, 9.17) is 9.72 Å². The first-order valence-corrected chi connectivity index (χ1v) is 14.2. The molecule has 1 atom stereocenters. The summed E-state index contributed by atoms with van der Waals surface area (Å²) in [4.78, 5) is 10.3. The molecule has 0 saturated heterocycles. The van der Waals surface area contributed by atoms with Crippen LogP contribution < -0.4 is 31.3 Å². The molecule has 7 heteroatoms. The predicted octanol–water partition coefficient (Wildman–Crippen LogP) is 4.31. The molecule has 3 heterocycles. The van der Waals surface area contributed by atoms with E-state index in [0.29, 0.717) is 16.8 Å². The van der Waals surface area contributed by atoms with Crippen molar-refractivity contribution in [3.63, 3.8) is 0 Å². The van der Waals surface area contributed by atoms with Crippen molar-refractivity contribution in [1.29, 1.82) is 0 Å². The normalized spacial score (nSPS) is 14.3. The summed E-state index contributed by atoms with van der Waals surface area (Å²) in [5, 5.41) is 6.53. The summed E-state index contributed by atoms with van der Waals surface area (Å²) < 4.78 is 10.9. The standard InChI is InChI=1S/C24H23IN3OS2/c1-3-22(18-9-7-8-12-25-14-18)31-20-13-21(29-19-10-5-4-6-11-19)23(26-15-20)28-24-27-17(2)16-30-24/h4-16,22H,3H2,1-2H3,(H,26,27,28)/q-1. The molecular weight excluding hydrogens is 537 g/mol. The van der Waals surface area contributed by atoms with Crippen LogP contribution in [0.5, 0.6) is 11.5 Å². The maximum atomic E-state index is 6.22. The molecule has 1 N–H and O–H groups in total. The molecular formula is C24H23IN3OS2-. The number of rotatable bonds is 8. The SMILES string of the molecule is CCC(Sc1cnc(Nc2nc(C)cs2)c(Oc2ccccc2)c1)C1=C[I-]C=CC=C1. The van der Waals surface area contributed by atoms with Gasteiger partial charge in [-0.1, -0.05) is 0 Å². The second-order valence-electron chi connectivity index (χ2n) is 6.78. The number of aromatic nitrogens is 2. The molecule has 1 aliphatic heterocycles. The average Bonchev–Trinajstić information content (AvgIpc) is 3.02. The number of aryl methyl sites for hydroxylation is 1. The van der Waals surface area contributed by atoms with Crippen molar-refractivity contribution < 1.29 is 25.9 Å². The number of allylic oxidation sites excluding steroid dienone is 3. The molecule has 0 radical (unpaired) electrons. The van der Waals surface area contributed by atoms with Crippen LogP contribution in [0, 0.1) is 6.92 Å². The van der Waals surface area contributed by atoms with Gasteiger partial charge in [0.05, 0.1) is 0 Å². The quantitative estimate of drug-likeness (QED) is 0.329.